The molecule has 5 nitrogen and oxygen atoms in total. The van der Waals surface area contributed by atoms with Crippen molar-refractivity contribution in [3.63, 3.8) is 0 Å². The Kier molecular flexibility index (Phi) is 5.87. The van der Waals surface area contributed by atoms with Gasteiger partial charge < -0.3 is 5.73 Å². The SMILES string of the molecule is Cc1nnc(N2N=C(c3cc(F)ccc3Cl)SC2(CCCN)c2ccccc2)s1. The molecule has 1 aliphatic rings. The lowest BCUT2D eigenvalue weighted by Crippen LogP contribution is -2.38. The minimum absolute atomic E-state index is 0.356. The number of anilines is 1. The van der Waals surface area contributed by atoms with Gasteiger partial charge >= 0.3 is 0 Å². The monoisotopic (exact) mass is 447 g/mol. The zero-order valence-electron chi connectivity index (χ0n) is 15.7. The Bertz CT molecular complexity index is 1040. The molecule has 29 heavy (non-hydrogen) atoms. The first-order valence-electron chi connectivity index (χ1n) is 9.12. The molecule has 4 rings (SSSR count). The first kappa shape index (κ1) is 20.3. The van der Waals surface area contributed by atoms with Gasteiger partial charge in [-0.3, -0.25) is 0 Å². The average Bonchev–Trinajstić information content (AvgIpc) is 3.33. The molecule has 1 aromatic heterocycles. The number of halogens is 2. The summed E-state index contributed by atoms with van der Waals surface area (Å²) >= 11 is 9.41. The highest BCUT2D eigenvalue weighted by molar-refractivity contribution is 8.15. The topological polar surface area (TPSA) is 67.4 Å². The van der Waals surface area contributed by atoms with E-state index in [1.165, 1.54) is 23.5 Å². The second kappa shape index (κ2) is 8.39. The fourth-order valence-electron chi connectivity index (χ4n) is 3.26. The predicted octanol–water partition coefficient (Wildman–Crippen LogP) is 5.15. The molecule has 150 valence electrons. The maximum Gasteiger partial charge on any atom is 0.230 e. The highest BCUT2D eigenvalue weighted by atomic mass is 35.5. The van der Waals surface area contributed by atoms with E-state index in [9.17, 15) is 4.39 Å². The van der Waals surface area contributed by atoms with Gasteiger partial charge in [0.2, 0.25) is 5.13 Å². The Hall–Kier alpha value is -2.00. The molecule has 0 spiro atoms. The summed E-state index contributed by atoms with van der Waals surface area (Å²) in [6, 6.07) is 14.4. The third kappa shape index (κ3) is 3.90. The highest BCUT2D eigenvalue weighted by Crippen LogP contribution is 2.52. The maximum absolute atomic E-state index is 14.0. The molecule has 2 heterocycles. The maximum atomic E-state index is 14.0. The molecule has 0 fully saturated rings. The van der Waals surface area contributed by atoms with E-state index < -0.39 is 4.87 Å². The molecule has 0 amide bonds. The van der Waals surface area contributed by atoms with Crippen molar-refractivity contribution >= 4 is 44.9 Å². The Morgan fingerprint density at radius 3 is 2.66 bits per heavy atom. The van der Waals surface area contributed by atoms with Crippen LogP contribution in [0.2, 0.25) is 5.02 Å². The van der Waals surface area contributed by atoms with Gasteiger partial charge in [-0.25, -0.2) is 9.40 Å². The van der Waals surface area contributed by atoms with Crippen LogP contribution >= 0.6 is 34.7 Å². The van der Waals surface area contributed by atoms with Crippen molar-refractivity contribution in [2.24, 2.45) is 10.8 Å². The van der Waals surface area contributed by atoms with E-state index in [2.05, 4.69) is 22.3 Å². The van der Waals surface area contributed by atoms with Crippen LogP contribution in [0.1, 0.15) is 29.0 Å². The largest absolute Gasteiger partial charge is 0.330 e. The van der Waals surface area contributed by atoms with Crippen molar-refractivity contribution in [3.8, 4) is 0 Å². The predicted molar refractivity (Wildman–Crippen MR) is 119 cm³/mol. The summed E-state index contributed by atoms with van der Waals surface area (Å²) in [5, 5.41) is 17.9. The molecule has 0 saturated heterocycles. The zero-order valence-corrected chi connectivity index (χ0v) is 18.1. The number of benzene rings is 2. The Labute approximate surface area is 181 Å². The highest BCUT2D eigenvalue weighted by Gasteiger charge is 2.47. The van der Waals surface area contributed by atoms with E-state index in [0.717, 1.165) is 23.4 Å². The molecular weight excluding hydrogens is 429 g/mol. The Morgan fingerprint density at radius 2 is 1.97 bits per heavy atom. The van der Waals surface area contributed by atoms with Crippen LogP contribution in [0.25, 0.3) is 0 Å². The minimum Gasteiger partial charge on any atom is -0.330 e. The summed E-state index contributed by atoms with van der Waals surface area (Å²) in [4.78, 5) is -0.572. The zero-order chi connectivity index (χ0) is 20.4. The smallest absolute Gasteiger partial charge is 0.230 e. The van der Waals surface area contributed by atoms with E-state index in [1.54, 1.807) is 17.8 Å². The van der Waals surface area contributed by atoms with Crippen LogP contribution in [0.3, 0.4) is 0 Å². The molecule has 1 unspecified atom stereocenters. The van der Waals surface area contributed by atoms with Crippen LogP contribution in [-0.2, 0) is 4.87 Å². The van der Waals surface area contributed by atoms with Crippen molar-refractivity contribution in [1.29, 1.82) is 0 Å². The van der Waals surface area contributed by atoms with E-state index >= 15 is 0 Å². The average molecular weight is 448 g/mol. The number of thioether (sulfide) groups is 1. The first-order valence-corrected chi connectivity index (χ1v) is 11.1. The number of aryl methyl sites for hydroxylation is 1. The fraction of sp³-hybridized carbons (Fsp3) is 0.250. The number of rotatable bonds is 6. The number of nitrogens with zero attached hydrogens (tertiary/aromatic N) is 4. The van der Waals surface area contributed by atoms with Gasteiger partial charge in [0, 0.05) is 5.56 Å². The van der Waals surface area contributed by atoms with E-state index in [1.807, 2.05) is 30.1 Å². The lowest BCUT2D eigenvalue weighted by Gasteiger charge is -2.35. The molecule has 1 aliphatic heterocycles. The third-order valence-electron chi connectivity index (χ3n) is 4.60. The Morgan fingerprint density at radius 1 is 1.17 bits per heavy atom. The number of nitrogens with two attached hydrogens (primary N) is 1. The molecule has 1 atom stereocenters. The third-order valence-corrected chi connectivity index (χ3v) is 7.19. The number of aromatic nitrogens is 2. The molecule has 0 radical (unpaired) electrons. The summed E-state index contributed by atoms with van der Waals surface area (Å²) in [6.07, 6.45) is 1.52. The van der Waals surface area contributed by atoms with Crippen molar-refractivity contribution in [1.82, 2.24) is 10.2 Å². The molecule has 3 aromatic rings. The van der Waals surface area contributed by atoms with Crippen molar-refractivity contribution < 1.29 is 4.39 Å². The lowest BCUT2D eigenvalue weighted by molar-refractivity contribution is 0.525. The van der Waals surface area contributed by atoms with E-state index in [-0.39, 0.29) is 5.82 Å². The van der Waals surface area contributed by atoms with Gasteiger partial charge in [-0.2, -0.15) is 5.10 Å². The van der Waals surface area contributed by atoms with Crippen LogP contribution in [0.4, 0.5) is 9.52 Å². The second-order valence-electron chi connectivity index (χ2n) is 6.59. The van der Waals surface area contributed by atoms with Crippen molar-refractivity contribution in [3.05, 3.63) is 75.5 Å². The molecular formula is C20H19ClFN5S2. The Balaban J connectivity index is 1.88. The van der Waals surface area contributed by atoms with Gasteiger partial charge in [-0.1, -0.05) is 65.0 Å². The number of hydrogen-bond acceptors (Lipinski definition) is 7. The van der Waals surface area contributed by atoms with Gasteiger partial charge in [0.25, 0.3) is 0 Å². The quantitative estimate of drug-likeness (QED) is 0.566. The molecule has 0 saturated carbocycles. The molecule has 2 aromatic carbocycles. The van der Waals surface area contributed by atoms with Gasteiger partial charge in [0.15, 0.2) is 0 Å². The summed E-state index contributed by atoms with van der Waals surface area (Å²) in [5.41, 5.74) is 7.49. The van der Waals surface area contributed by atoms with E-state index in [0.29, 0.717) is 27.3 Å². The van der Waals surface area contributed by atoms with Gasteiger partial charge in [0.05, 0.1) is 5.02 Å². The second-order valence-corrected chi connectivity index (χ2v) is 9.42. The minimum atomic E-state index is -0.572. The standard InChI is InChI=1S/C20H19ClFN5S2/c1-13-24-25-19(28-13)27-20(10-5-11-23,14-6-3-2-4-7-14)29-18(26-27)16-12-15(22)8-9-17(16)21/h2-4,6-9,12H,5,10-11,23H2,1H3. The molecule has 0 aliphatic carbocycles. The van der Waals surface area contributed by atoms with Crippen LogP contribution in [-0.4, -0.2) is 21.8 Å². The van der Waals surface area contributed by atoms with Gasteiger partial charge in [-0.05, 0) is 50.1 Å². The van der Waals surface area contributed by atoms with Crippen molar-refractivity contribution in [2.75, 3.05) is 11.6 Å². The summed E-state index contributed by atoms with van der Waals surface area (Å²) < 4.78 is 14.0. The number of hydrogen-bond donors (Lipinski definition) is 1. The van der Waals surface area contributed by atoms with Crippen molar-refractivity contribution in [2.45, 2.75) is 24.6 Å². The van der Waals surface area contributed by atoms with Crippen LogP contribution in [0.15, 0.2) is 53.6 Å². The first-order chi connectivity index (χ1) is 14.0. The molecule has 2 N–H and O–H groups in total. The molecule has 0 bridgehead atoms. The van der Waals surface area contributed by atoms with Crippen LogP contribution < -0.4 is 10.7 Å². The van der Waals surface area contributed by atoms with Gasteiger partial charge in [-0.15, -0.1) is 10.2 Å². The summed E-state index contributed by atoms with van der Waals surface area (Å²) in [6.45, 7) is 2.46. The lowest BCUT2D eigenvalue weighted by atomic mass is 10.0. The normalized spacial score (nSPS) is 18.9. The summed E-state index contributed by atoms with van der Waals surface area (Å²) in [7, 11) is 0. The van der Waals surface area contributed by atoms with E-state index in [4.69, 9.17) is 22.4 Å². The fourth-order valence-corrected chi connectivity index (χ4v) is 5.72. The van der Waals surface area contributed by atoms with Crippen LogP contribution in [0, 0.1) is 12.7 Å². The number of hydrazone groups is 1. The van der Waals surface area contributed by atoms with Crippen LogP contribution in [0.5, 0.6) is 0 Å². The summed E-state index contributed by atoms with van der Waals surface area (Å²) in [5.74, 6) is -0.356. The molecule has 9 heteroatoms. The van der Waals surface area contributed by atoms with Gasteiger partial charge in [0.1, 0.15) is 20.7 Å².